The van der Waals surface area contributed by atoms with Crippen molar-refractivity contribution in [2.75, 3.05) is 5.32 Å². The van der Waals surface area contributed by atoms with Crippen LogP contribution in [0.4, 0.5) is 14.9 Å². The number of hydrogen-bond donors (Lipinski definition) is 3. The first kappa shape index (κ1) is 20.2. The van der Waals surface area contributed by atoms with Gasteiger partial charge in [0.05, 0.1) is 16.2 Å². The molecular formula is C22H21ClFN3O3. The molecule has 1 saturated carbocycles. The second-order valence-corrected chi connectivity index (χ2v) is 7.94. The van der Waals surface area contributed by atoms with Gasteiger partial charge < -0.3 is 16.2 Å². The molecular weight excluding hydrogens is 409 g/mol. The third-order valence-electron chi connectivity index (χ3n) is 5.68. The molecule has 1 aliphatic carbocycles. The SMILES string of the molecule is NC(=O)n1c(O)c(C(=O)Nc2ccc(C3CCCCC3)cc2F)c2cccc(Cl)c21. The predicted octanol–water partition coefficient (Wildman–Crippen LogP) is 5.37. The van der Waals surface area contributed by atoms with Crippen molar-refractivity contribution in [2.45, 2.75) is 38.0 Å². The van der Waals surface area contributed by atoms with Gasteiger partial charge in [0.2, 0.25) is 5.88 Å². The minimum absolute atomic E-state index is 0.0130. The number of nitrogens with two attached hydrogens (primary N) is 1. The number of carbonyl (C=O) groups is 2. The Bertz CT molecular complexity index is 1150. The van der Waals surface area contributed by atoms with Crippen molar-refractivity contribution in [1.82, 2.24) is 4.57 Å². The van der Waals surface area contributed by atoms with Crippen LogP contribution in [-0.4, -0.2) is 21.6 Å². The molecule has 4 rings (SSSR count). The number of aromatic hydroxyl groups is 1. The normalized spacial score (nSPS) is 14.7. The fourth-order valence-corrected chi connectivity index (χ4v) is 4.49. The van der Waals surface area contributed by atoms with Crippen molar-refractivity contribution in [2.24, 2.45) is 5.73 Å². The van der Waals surface area contributed by atoms with Crippen molar-refractivity contribution < 1.29 is 19.1 Å². The molecule has 0 unspecified atom stereocenters. The summed E-state index contributed by atoms with van der Waals surface area (Å²) in [5.74, 6) is -1.65. The highest BCUT2D eigenvalue weighted by molar-refractivity contribution is 6.36. The molecule has 30 heavy (non-hydrogen) atoms. The number of halogens is 2. The van der Waals surface area contributed by atoms with Crippen LogP contribution in [0.25, 0.3) is 10.9 Å². The van der Waals surface area contributed by atoms with Crippen LogP contribution in [0, 0.1) is 5.82 Å². The topological polar surface area (TPSA) is 97.3 Å². The minimum Gasteiger partial charge on any atom is -0.494 e. The molecule has 8 heteroatoms. The molecule has 6 nitrogen and oxygen atoms in total. The molecule has 1 fully saturated rings. The summed E-state index contributed by atoms with van der Waals surface area (Å²) in [5.41, 5.74) is 6.16. The first-order valence-electron chi connectivity index (χ1n) is 9.81. The van der Waals surface area contributed by atoms with Crippen molar-refractivity contribution in [1.29, 1.82) is 0 Å². The van der Waals surface area contributed by atoms with Crippen LogP contribution in [0.15, 0.2) is 36.4 Å². The molecule has 2 aromatic carbocycles. The van der Waals surface area contributed by atoms with Crippen LogP contribution >= 0.6 is 11.6 Å². The first-order chi connectivity index (χ1) is 14.4. The monoisotopic (exact) mass is 429 g/mol. The van der Waals surface area contributed by atoms with E-state index in [2.05, 4.69) is 5.32 Å². The third kappa shape index (κ3) is 3.50. The average Bonchev–Trinajstić information content (AvgIpc) is 3.03. The zero-order chi connectivity index (χ0) is 21.4. The summed E-state index contributed by atoms with van der Waals surface area (Å²) in [7, 11) is 0. The van der Waals surface area contributed by atoms with Crippen LogP contribution in [-0.2, 0) is 0 Å². The van der Waals surface area contributed by atoms with Crippen LogP contribution in [0.2, 0.25) is 5.02 Å². The van der Waals surface area contributed by atoms with Crippen LogP contribution in [0.1, 0.15) is 53.9 Å². The number of para-hydroxylation sites is 1. The third-order valence-corrected chi connectivity index (χ3v) is 5.99. The van der Waals surface area contributed by atoms with Gasteiger partial charge in [-0.1, -0.05) is 49.1 Å². The van der Waals surface area contributed by atoms with Gasteiger partial charge >= 0.3 is 6.03 Å². The second-order valence-electron chi connectivity index (χ2n) is 7.54. The maximum Gasteiger partial charge on any atom is 0.326 e. The number of anilines is 1. The smallest absolute Gasteiger partial charge is 0.326 e. The number of aromatic nitrogens is 1. The maximum absolute atomic E-state index is 14.7. The van der Waals surface area contributed by atoms with E-state index in [1.165, 1.54) is 30.7 Å². The van der Waals surface area contributed by atoms with Crippen LogP contribution in [0.3, 0.4) is 0 Å². The summed E-state index contributed by atoms with van der Waals surface area (Å²) >= 11 is 6.14. The fraction of sp³-hybridized carbons (Fsp3) is 0.273. The van der Waals surface area contributed by atoms with Crippen LogP contribution < -0.4 is 11.1 Å². The highest BCUT2D eigenvalue weighted by atomic mass is 35.5. The summed E-state index contributed by atoms with van der Waals surface area (Å²) in [5, 5.41) is 13.3. The Kier molecular flexibility index (Phi) is 5.39. The zero-order valence-electron chi connectivity index (χ0n) is 16.1. The van der Waals surface area contributed by atoms with E-state index in [0.29, 0.717) is 5.92 Å². The Morgan fingerprint density at radius 3 is 2.57 bits per heavy atom. The van der Waals surface area contributed by atoms with Gasteiger partial charge in [0.25, 0.3) is 5.91 Å². The summed E-state index contributed by atoms with van der Waals surface area (Å²) in [4.78, 5) is 24.7. The number of fused-ring (bicyclic) bond motifs is 1. The minimum atomic E-state index is -0.993. The van der Waals surface area contributed by atoms with Crippen molar-refractivity contribution >= 4 is 40.1 Å². The number of carbonyl (C=O) groups excluding carboxylic acids is 2. The molecule has 0 atom stereocenters. The number of benzene rings is 2. The van der Waals surface area contributed by atoms with Gasteiger partial charge in [0.15, 0.2) is 0 Å². The standard InChI is InChI=1S/C22H21ClFN3O3/c23-15-8-4-7-14-18(21(29)27(19(14)15)22(25)30)20(28)26-17-10-9-13(11-16(17)24)12-5-2-1-3-6-12/h4,7-12,29H,1-3,5-6H2,(H2,25,30)(H,26,28). The number of nitrogens with zero attached hydrogens (tertiary/aromatic N) is 1. The molecule has 4 N–H and O–H groups in total. The van der Waals surface area contributed by atoms with E-state index in [9.17, 15) is 19.1 Å². The number of primary amides is 1. The highest BCUT2D eigenvalue weighted by Crippen LogP contribution is 2.37. The Hall–Kier alpha value is -3.06. The summed E-state index contributed by atoms with van der Waals surface area (Å²) in [6.45, 7) is 0. The highest BCUT2D eigenvalue weighted by Gasteiger charge is 2.27. The number of amides is 2. The van der Waals surface area contributed by atoms with Gasteiger partial charge in [0.1, 0.15) is 11.4 Å². The molecule has 0 bridgehead atoms. The Balaban J connectivity index is 1.68. The zero-order valence-corrected chi connectivity index (χ0v) is 16.9. The van der Waals surface area contributed by atoms with E-state index in [4.69, 9.17) is 17.3 Å². The molecule has 3 aromatic rings. The Labute approximate surface area is 177 Å². The number of hydrogen-bond acceptors (Lipinski definition) is 3. The largest absolute Gasteiger partial charge is 0.494 e. The summed E-state index contributed by atoms with van der Waals surface area (Å²) < 4.78 is 15.5. The van der Waals surface area contributed by atoms with Gasteiger partial charge in [-0.05, 0) is 42.5 Å². The Morgan fingerprint density at radius 2 is 1.90 bits per heavy atom. The van der Waals surface area contributed by atoms with Gasteiger partial charge in [-0.3, -0.25) is 4.79 Å². The predicted molar refractivity (Wildman–Crippen MR) is 114 cm³/mol. The molecule has 1 heterocycles. The molecule has 0 radical (unpaired) electrons. The van der Waals surface area contributed by atoms with E-state index < -0.39 is 23.6 Å². The first-order valence-corrected chi connectivity index (χ1v) is 10.2. The summed E-state index contributed by atoms with van der Waals surface area (Å²) in [6.07, 6.45) is 5.55. The Morgan fingerprint density at radius 1 is 1.17 bits per heavy atom. The fourth-order valence-electron chi connectivity index (χ4n) is 4.23. The number of rotatable bonds is 3. The van der Waals surface area contributed by atoms with Crippen molar-refractivity contribution in [3.05, 3.63) is 58.4 Å². The molecule has 1 aromatic heterocycles. The quantitative estimate of drug-likeness (QED) is 0.522. The van der Waals surface area contributed by atoms with Crippen molar-refractivity contribution in [3.8, 4) is 5.88 Å². The van der Waals surface area contributed by atoms with E-state index in [1.54, 1.807) is 6.07 Å². The van der Waals surface area contributed by atoms with Gasteiger partial charge in [0, 0.05) is 5.39 Å². The van der Waals surface area contributed by atoms with E-state index in [1.807, 2.05) is 6.07 Å². The molecule has 156 valence electrons. The van der Waals surface area contributed by atoms with Gasteiger partial charge in [-0.15, -0.1) is 0 Å². The van der Waals surface area contributed by atoms with E-state index in [0.717, 1.165) is 35.8 Å². The lowest BCUT2D eigenvalue weighted by Crippen LogP contribution is -2.19. The second kappa shape index (κ2) is 7.99. The van der Waals surface area contributed by atoms with Crippen LogP contribution in [0.5, 0.6) is 5.88 Å². The molecule has 0 aliphatic heterocycles. The molecule has 0 saturated heterocycles. The van der Waals surface area contributed by atoms with Crippen molar-refractivity contribution in [3.63, 3.8) is 0 Å². The number of nitrogens with one attached hydrogen (secondary N) is 1. The van der Waals surface area contributed by atoms with Gasteiger partial charge in [-0.25, -0.2) is 13.8 Å². The van der Waals surface area contributed by atoms with E-state index in [-0.39, 0.29) is 27.2 Å². The lowest BCUT2D eigenvalue weighted by molar-refractivity contribution is 0.102. The van der Waals surface area contributed by atoms with E-state index >= 15 is 0 Å². The molecule has 2 amide bonds. The molecule has 1 aliphatic rings. The maximum atomic E-state index is 14.7. The molecule has 0 spiro atoms. The van der Waals surface area contributed by atoms with Gasteiger partial charge in [-0.2, -0.15) is 0 Å². The summed E-state index contributed by atoms with van der Waals surface area (Å²) in [6, 6.07) is 8.41. The lowest BCUT2D eigenvalue weighted by Gasteiger charge is -2.22. The average molecular weight is 430 g/mol. The lowest BCUT2D eigenvalue weighted by atomic mass is 9.84.